The third kappa shape index (κ3) is 3.41. The summed E-state index contributed by atoms with van der Waals surface area (Å²) in [5, 5.41) is 15.8. The molecule has 140 valence electrons. The molecule has 4 rings (SSSR count). The summed E-state index contributed by atoms with van der Waals surface area (Å²) in [6.45, 7) is 1.92. The molecule has 9 heteroatoms. The molecule has 1 aromatic carbocycles. The van der Waals surface area contributed by atoms with Gasteiger partial charge in [-0.25, -0.2) is 0 Å². The van der Waals surface area contributed by atoms with Gasteiger partial charge in [0, 0.05) is 31.7 Å². The van der Waals surface area contributed by atoms with E-state index in [-0.39, 0.29) is 11.4 Å². The zero-order chi connectivity index (χ0) is 19.1. The van der Waals surface area contributed by atoms with Gasteiger partial charge in [0.1, 0.15) is 0 Å². The number of thioether (sulfide) groups is 1. The number of hydrogen-bond acceptors (Lipinski definition) is 6. The van der Waals surface area contributed by atoms with Crippen LogP contribution in [0.5, 0.6) is 0 Å². The number of hydrazone groups is 1. The summed E-state index contributed by atoms with van der Waals surface area (Å²) < 4.78 is 0.923. The summed E-state index contributed by atoms with van der Waals surface area (Å²) in [7, 11) is 3.94. The van der Waals surface area contributed by atoms with Crippen LogP contribution in [0.4, 0.5) is 5.69 Å². The van der Waals surface area contributed by atoms with E-state index in [9.17, 15) is 4.79 Å². The molecule has 27 heavy (non-hydrogen) atoms. The first-order valence-electron chi connectivity index (χ1n) is 8.66. The van der Waals surface area contributed by atoms with E-state index in [2.05, 4.69) is 30.9 Å². The fraction of sp³-hybridized carbons (Fsp3) is 0.333. The summed E-state index contributed by atoms with van der Waals surface area (Å²) in [6, 6.07) is 5.82. The molecule has 0 unspecified atom stereocenters. The van der Waals surface area contributed by atoms with E-state index in [0.29, 0.717) is 5.17 Å². The van der Waals surface area contributed by atoms with Crippen LogP contribution in [-0.4, -0.2) is 59.2 Å². The monoisotopic (exact) mass is 446 g/mol. The van der Waals surface area contributed by atoms with Crippen molar-refractivity contribution in [3.05, 3.63) is 33.8 Å². The third-order valence-corrected chi connectivity index (χ3v) is 6.19. The van der Waals surface area contributed by atoms with Gasteiger partial charge in [-0.05, 0) is 64.3 Å². The first-order valence-corrected chi connectivity index (χ1v) is 10.3. The van der Waals surface area contributed by atoms with Gasteiger partial charge in [0.15, 0.2) is 11.0 Å². The van der Waals surface area contributed by atoms with Crippen LogP contribution in [0.15, 0.2) is 38.3 Å². The van der Waals surface area contributed by atoms with E-state index in [1.807, 2.05) is 37.2 Å². The number of aliphatic imine (C=N–C) groups is 1. The highest BCUT2D eigenvalue weighted by Gasteiger charge is 2.37. The number of benzene rings is 1. The fourth-order valence-electron chi connectivity index (χ4n) is 3.16. The Balaban J connectivity index is 1.63. The van der Waals surface area contributed by atoms with Gasteiger partial charge in [-0.1, -0.05) is 6.07 Å². The van der Waals surface area contributed by atoms with E-state index in [4.69, 9.17) is 5.41 Å². The largest absolute Gasteiger partial charge is 0.377 e. The zero-order valence-electron chi connectivity index (χ0n) is 15.1. The first kappa shape index (κ1) is 18.2. The molecular formula is C18H19BrN6OS. The standard InChI is InChI=1S/C18H19BrN6OS/c1-23(2)14-6-5-11(10-13(14)19)9-12-15(20)25-17(21-16(12)26)27-18(22-25)24-7-3-4-8-24/h5-6,9-10,20H,3-4,7-8H2,1-2H3/b12-9+,20-15?. The second-order valence-electron chi connectivity index (χ2n) is 6.70. The molecule has 0 radical (unpaired) electrons. The number of fused-ring (bicyclic) bond motifs is 1. The zero-order valence-corrected chi connectivity index (χ0v) is 17.5. The molecule has 1 fully saturated rings. The lowest BCUT2D eigenvalue weighted by atomic mass is 10.1. The highest BCUT2D eigenvalue weighted by Crippen LogP contribution is 2.32. The maximum absolute atomic E-state index is 12.5. The average Bonchev–Trinajstić information content (AvgIpc) is 3.27. The number of rotatable bonds is 2. The van der Waals surface area contributed by atoms with E-state index >= 15 is 0 Å². The Morgan fingerprint density at radius 2 is 2.00 bits per heavy atom. The van der Waals surface area contributed by atoms with Crippen LogP contribution in [0.2, 0.25) is 0 Å². The van der Waals surface area contributed by atoms with Gasteiger partial charge in [0.05, 0.1) is 11.3 Å². The second-order valence-corrected chi connectivity index (χ2v) is 8.49. The number of nitrogens with zero attached hydrogens (tertiary/aromatic N) is 5. The summed E-state index contributed by atoms with van der Waals surface area (Å²) in [5.74, 6) is -0.330. The molecule has 1 aromatic rings. The lowest BCUT2D eigenvalue weighted by Crippen LogP contribution is -2.35. The maximum Gasteiger partial charge on any atom is 0.283 e. The Labute approximate surface area is 170 Å². The minimum absolute atomic E-state index is 0.0690. The van der Waals surface area contributed by atoms with E-state index in [1.165, 1.54) is 16.8 Å². The minimum atomic E-state index is -0.399. The van der Waals surface area contributed by atoms with Crippen LogP contribution in [-0.2, 0) is 4.79 Å². The topological polar surface area (TPSA) is 75.4 Å². The number of halogens is 1. The summed E-state index contributed by atoms with van der Waals surface area (Å²) in [6.07, 6.45) is 3.99. The van der Waals surface area contributed by atoms with Gasteiger partial charge in [-0.15, -0.1) is 5.10 Å². The van der Waals surface area contributed by atoms with Crippen molar-refractivity contribution in [3.63, 3.8) is 0 Å². The number of carbonyl (C=O) groups excluding carboxylic acids is 1. The average molecular weight is 447 g/mol. The van der Waals surface area contributed by atoms with Crippen LogP contribution >= 0.6 is 27.7 Å². The molecule has 0 atom stereocenters. The van der Waals surface area contributed by atoms with Gasteiger partial charge in [0.25, 0.3) is 5.91 Å². The summed E-state index contributed by atoms with van der Waals surface area (Å²) in [5.41, 5.74) is 2.11. The molecular weight excluding hydrogens is 428 g/mol. The maximum atomic E-state index is 12.5. The van der Waals surface area contributed by atoms with Gasteiger partial charge in [0.2, 0.25) is 5.17 Å². The predicted octanol–water partition coefficient (Wildman–Crippen LogP) is 3.19. The molecule has 1 amide bonds. The molecule has 1 N–H and O–H groups in total. The molecule has 3 heterocycles. The number of amidine groups is 3. The van der Waals surface area contributed by atoms with E-state index in [1.54, 1.807) is 6.08 Å². The minimum Gasteiger partial charge on any atom is -0.377 e. The lowest BCUT2D eigenvalue weighted by molar-refractivity contribution is -0.114. The number of nitrogens with one attached hydrogen (secondary N) is 1. The first-order chi connectivity index (χ1) is 12.9. The van der Waals surface area contributed by atoms with Crippen molar-refractivity contribution in [1.29, 1.82) is 5.41 Å². The lowest BCUT2D eigenvalue weighted by Gasteiger charge is -2.20. The SMILES string of the molecule is CN(C)c1ccc(/C=C2\C(=N)N3N=C(N4CCCC4)SC3=NC2=O)cc1Br. The number of anilines is 1. The predicted molar refractivity (Wildman–Crippen MR) is 114 cm³/mol. The Kier molecular flexibility index (Phi) is 4.81. The number of hydrogen-bond donors (Lipinski definition) is 1. The number of amides is 1. The van der Waals surface area contributed by atoms with Crippen molar-refractivity contribution < 1.29 is 4.79 Å². The Bertz CT molecular complexity index is 916. The molecule has 7 nitrogen and oxygen atoms in total. The van der Waals surface area contributed by atoms with Crippen molar-refractivity contribution in [2.24, 2.45) is 10.1 Å². The summed E-state index contributed by atoms with van der Waals surface area (Å²) >= 11 is 4.92. The quantitative estimate of drug-likeness (QED) is 0.705. The van der Waals surface area contributed by atoms with Crippen LogP contribution in [0.1, 0.15) is 18.4 Å². The number of carbonyl (C=O) groups is 1. The van der Waals surface area contributed by atoms with Crippen molar-refractivity contribution in [2.75, 3.05) is 32.1 Å². The fourth-order valence-corrected chi connectivity index (χ4v) is 4.86. The van der Waals surface area contributed by atoms with Gasteiger partial charge in [-0.3, -0.25) is 10.2 Å². The van der Waals surface area contributed by atoms with E-state index < -0.39 is 5.91 Å². The van der Waals surface area contributed by atoms with Crippen molar-refractivity contribution >= 4 is 61.5 Å². The smallest absolute Gasteiger partial charge is 0.283 e. The van der Waals surface area contributed by atoms with Gasteiger partial charge >= 0.3 is 0 Å². The molecule has 0 aliphatic carbocycles. The number of likely N-dealkylation sites (tertiary alicyclic amines) is 1. The van der Waals surface area contributed by atoms with Crippen molar-refractivity contribution in [3.8, 4) is 0 Å². The Hall–Kier alpha value is -2.13. The Morgan fingerprint density at radius 1 is 1.26 bits per heavy atom. The van der Waals surface area contributed by atoms with Gasteiger partial charge < -0.3 is 9.80 Å². The van der Waals surface area contributed by atoms with Crippen LogP contribution < -0.4 is 4.90 Å². The van der Waals surface area contributed by atoms with E-state index in [0.717, 1.165) is 46.8 Å². The van der Waals surface area contributed by atoms with Crippen LogP contribution in [0.25, 0.3) is 6.08 Å². The van der Waals surface area contributed by atoms with Crippen molar-refractivity contribution in [2.45, 2.75) is 12.8 Å². The molecule has 3 aliphatic rings. The molecule has 0 spiro atoms. The highest BCUT2D eigenvalue weighted by molar-refractivity contribution is 9.10. The molecule has 3 aliphatic heterocycles. The Morgan fingerprint density at radius 3 is 2.67 bits per heavy atom. The molecule has 0 aromatic heterocycles. The van der Waals surface area contributed by atoms with Crippen molar-refractivity contribution in [1.82, 2.24) is 9.91 Å². The normalized spacial score (nSPS) is 20.9. The van der Waals surface area contributed by atoms with Crippen LogP contribution in [0, 0.1) is 5.41 Å². The van der Waals surface area contributed by atoms with Crippen LogP contribution in [0.3, 0.4) is 0 Å². The third-order valence-electron chi connectivity index (χ3n) is 4.58. The highest BCUT2D eigenvalue weighted by atomic mass is 79.9. The van der Waals surface area contributed by atoms with Gasteiger partial charge in [-0.2, -0.15) is 10.0 Å². The summed E-state index contributed by atoms with van der Waals surface area (Å²) in [4.78, 5) is 20.9. The second kappa shape index (κ2) is 7.12. The molecule has 0 bridgehead atoms. The molecule has 1 saturated heterocycles. The molecule has 0 saturated carbocycles.